The van der Waals surface area contributed by atoms with Gasteiger partial charge in [0.1, 0.15) is 0 Å². The highest BCUT2D eigenvalue weighted by Crippen LogP contribution is 2.33. The molecule has 2 amide bonds. The second-order valence-corrected chi connectivity index (χ2v) is 5.00. The molecule has 2 rings (SSSR count). The van der Waals surface area contributed by atoms with Crippen LogP contribution in [0.5, 0.6) is 0 Å². The molecule has 1 saturated carbocycles. The Bertz CT molecular complexity index is 292. The standard InChI is InChI=1S/C12H21N3O2/c1-13-11(16)7-14-12(17)10-6-8-4-2-3-5-9(8)15-10/h8-10,15H,2-7H2,1H3,(H,13,16)(H,14,17). The molecule has 0 aromatic carbocycles. The van der Waals surface area contributed by atoms with Crippen molar-refractivity contribution in [3.63, 3.8) is 0 Å². The number of carbonyl (C=O) groups is 2. The molecule has 0 bridgehead atoms. The van der Waals surface area contributed by atoms with Gasteiger partial charge >= 0.3 is 0 Å². The Morgan fingerprint density at radius 1 is 1.29 bits per heavy atom. The lowest BCUT2D eigenvalue weighted by molar-refractivity contribution is -0.126. The van der Waals surface area contributed by atoms with E-state index in [0.717, 1.165) is 6.42 Å². The molecule has 5 nitrogen and oxygen atoms in total. The third-order valence-electron chi connectivity index (χ3n) is 3.88. The molecule has 5 heteroatoms. The summed E-state index contributed by atoms with van der Waals surface area (Å²) in [7, 11) is 1.57. The van der Waals surface area contributed by atoms with Crippen LogP contribution in [0.25, 0.3) is 0 Å². The molecule has 0 radical (unpaired) electrons. The fourth-order valence-electron chi connectivity index (χ4n) is 2.90. The molecule has 1 saturated heterocycles. The second kappa shape index (κ2) is 5.49. The summed E-state index contributed by atoms with van der Waals surface area (Å²) in [5.41, 5.74) is 0. The lowest BCUT2D eigenvalue weighted by atomic mass is 9.85. The highest BCUT2D eigenvalue weighted by Gasteiger charge is 2.38. The third kappa shape index (κ3) is 2.97. The number of amides is 2. The smallest absolute Gasteiger partial charge is 0.239 e. The Kier molecular flexibility index (Phi) is 3.99. The minimum absolute atomic E-state index is 0.0389. The molecule has 1 aliphatic carbocycles. The van der Waals surface area contributed by atoms with Gasteiger partial charge in [-0.15, -0.1) is 0 Å². The molecule has 3 N–H and O–H groups in total. The van der Waals surface area contributed by atoms with Crippen LogP contribution >= 0.6 is 0 Å². The molecule has 1 heterocycles. The van der Waals surface area contributed by atoms with Crippen molar-refractivity contribution in [2.24, 2.45) is 5.92 Å². The van der Waals surface area contributed by atoms with Crippen LogP contribution < -0.4 is 16.0 Å². The average molecular weight is 239 g/mol. The number of nitrogens with one attached hydrogen (secondary N) is 3. The number of hydrogen-bond donors (Lipinski definition) is 3. The van der Waals surface area contributed by atoms with Crippen LogP contribution in [0.1, 0.15) is 32.1 Å². The van der Waals surface area contributed by atoms with Crippen LogP contribution in [0.15, 0.2) is 0 Å². The molecular weight excluding hydrogens is 218 g/mol. The lowest BCUT2D eigenvalue weighted by Crippen LogP contribution is -2.45. The van der Waals surface area contributed by atoms with Gasteiger partial charge in [-0.3, -0.25) is 9.59 Å². The zero-order chi connectivity index (χ0) is 12.3. The Morgan fingerprint density at radius 2 is 2.06 bits per heavy atom. The van der Waals surface area contributed by atoms with Crippen molar-refractivity contribution in [3.8, 4) is 0 Å². The summed E-state index contributed by atoms with van der Waals surface area (Å²) in [6.07, 6.45) is 5.89. The van der Waals surface area contributed by atoms with Gasteiger partial charge in [0.2, 0.25) is 11.8 Å². The van der Waals surface area contributed by atoms with Crippen LogP contribution in [-0.2, 0) is 9.59 Å². The van der Waals surface area contributed by atoms with Crippen molar-refractivity contribution >= 4 is 11.8 Å². The van der Waals surface area contributed by atoms with Gasteiger partial charge in [-0.25, -0.2) is 0 Å². The Morgan fingerprint density at radius 3 is 2.76 bits per heavy atom. The lowest BCUT2D eigenvalue weighted by Gasteiger charge is -2.24. The molecule has 2 fully saturated rings. The summed E-state index contributed by atoms with van der Waals surface area (Å²) < 4.78 is 0. The summed E-state index contributed by atoms with van der Waals surface area (Å²) in [6, 6.07) is 0.409. The summed E-state index contributed by atoms with van der Waals surface area (Å²) in [5, 5.41) is 8.55. The molecule has 17 heavy (non-hydrogen) atoms. The summed E-state index contributed by atoms with van der Waals surface area (Å²) in [4.78, 5) is 22.9. The quantitative estimate of drug-likeness (QED) is 0.637. The molecule has 1 aliphatic heterocycles. The van der Waals surface area contributed by atoms with Gasteiger partial charge in [-0.1, -0.05) is 12.8 Å². The van der Waals surface area contributed by atoms with Crippen LogP contribution in [0.4, 0.5) is 0 Å². The SMILES string of the molecule is CNC(=O)CNC(=O)C1CC2CCCCC2N1. The summed E-state index contributed by atoms with van der Waals surface area (Å²) in [6.45, 7) is 0.0723. The van der Waals surface area contributed by atoms with Crippen LogP contribution in [0.2, 0.25) is 0 Å². The maximum atomic E-state index is 11.9. The second-order valence-electron chi connectivity index (χ2n) is 5.00. The topological polar surface area (TPSA) is 70.2 Å². The molecule has 0 aromatic rings. The molecular formula is C12H21N3O2. The first kappa shape index (κ1) is 12.4. The first-order valence-electron chi connectivity index (χ1n) is 6.45. The number of fused-ring (bicyclic) bond motifs is 1. The van der Waals surface area contributed by atoms with Gasteiger partial charge in [0.05, 0.1) is 12.6 Å². The van der Waals surface area contributed by atoms with Crippen LogP contribution in [0.3, 0.4) is 0 Å². The normalized spacial score (nSPS) is 31.7. The van der Waals surface area contributed by atoms with E-state index in [4.69, 9.17) is 0 Å². The fraction of sp³-hybridized carbons (Fsp3) is 0.833. The van der Waals surface area contributed by atoms with Gasteiger partial charge in [0.15, 0.2) is 0 Å². The van der Waals surface area contributed by atoms with E-state index in [0.29, 0.717) is 12.0 Å². The highest BCUT2D eigenvalue weighted by atomic mass is 16.2. The first-order valence-corrected chi connectivity index (χ1v) is 6.45. The van der Waals surface area contributed by atoms with Crippen LogP contribution in [0, 0.1) is 5.92 Å². The molecule has 2 aliphatic rings. The number of rotatable bonds is 3. The zero-order valence-electron chi connectivity index (χ0n) is 10.3. The van der Waals surface area contributed by atoms with Crippen LogP contribution in [-0.4, -0.2) is 37.5 Å². The molecule has 0 spiro atoms. The number of hydrogen-bond acceptors (Lipinski definition) is 3. The number of likely N-dealkylation sites (N-methyl/N-ethyl adjacent to an activating group) is 1. The first-order chi connectivity index (χ1) is 8.20. The van der Waals surface area contributed by atoms with E-state index in [-0.39, 0.29) is 24.4 Å². The average Bonchev–Trinajstić information content (AvgIpc) is 2.79. The predicted octanol–water partition coefficient (Wildman–Crippen LogP) is -0.231. The fourth-order valence-corrected chi connectivity index (χ4v) is 2.90. The monoisotopic (exact) mass is 239 g/mol. The van der Waals surface area contributed by atoms with Gasteiger partial charge in [0.25, 0.3) is 0 Å². The van der Waals surface area contributed by atoms with Gasteiger partial charge in [-0.05, 0) is 25.2 Å². The van der Waals surface area contributed by atoms with Gasteiger partial charge < -0.3 is 16.0 Å². The van der Waals surface area contributed by atoms with E-state index < -0.39 is 0 Å². The van der Waals surface area contributed by atoms with Crippen molar-refractivity contribution in [1.29, 1.82) is 0 Å². The highest BCUT2D eigenvalue weighted by molar-refractivity contribution is 5.87. The van der Waals surface area contributed by atoms with Crippen molar-refractivity contribution in [2.75, 3.05) is 13.6 Å². The Balaban J connectivity index is 1.79. The molecule has 96 valence electrons. The Hall–Kier alpha value is -1.10. The largest absolute Gasteiger partial charge is 0.358 e. The van der Waals surface area contributed by atoms with E-state index in [9.17, 15) is 9.59 Å². The third-order valence-corrected chi connectivity index (χ3v) is 3.88. The van der Waals surface area contributed by atoms with E-state index in [2.05, 4.69) is 16.0 Å². The van der Waals surface area contributed by atoms with E-state index in [1.165, 1.54) is 25.7 Å². The Labute approximate surface area is 102 Å². The minimum Gasteiger partial charge on any atom is -0.358 e. The van der Waals surface area contributed by atoms with Crippen molar-refractivity contribution in [3.05, 3.63) is 0 Å². The van der Waals surface area contributed by atoms with E-state index in [1.54, 1.807) is 7.05 Å². The molecule has 3 unspecified atom stereocenters. The summed E-state index contributed by atoms with van der Waals surface area (Å²) in [5.74, 6) is 0.455. The minimum atomic E-state index is -0.159. The van der Waals surface area contributed by atoms with Crippen molar-refractivity contribution in [2.45, 2.75) is 44.2 Å². The maximum absolute atomic E-state index is 11.9. The maximum Gasteiger partial charge on any atom is 0.239 e. The summed E-state index contributed by atoms with van der Waals surface area (Å²) >= 11 is 0. The van der Waals surface area contributed by atoms with Gasteiger partial charge in [-0.2, -0.15) is 0 Å². The molecule has 0 aromatic heterocycles. The predicted molar refractivity (Wildman–Crippen MR) is 64.4 cm³/mol. The molecule has 3 atom stereocenters. The number of carbonyl (C=O) groups excluding carboxylic acids is 2. The van der Waals surface area contributed by atoms with Crippen molar-refractivity contribution < 1.29 is 9.59 Å². The van der Waals surface area contributed by atoms with Gasteiger partial charge in [0, 0.05) is 13.1 Å². The van der Waals surface area contributed by atoms with E-state index in [1.807, 2.05) is 0 Å². The van der Waals surface area contributed by atoms with Crippen molar-refractivity contribution in [1.82, 2.24) is 16.0 Å². The van der Waals surface area contributed by atoms with E-state index >= 15 is 0 Å². The zero-order valence-corrected chi connectivity index (χ0v) is 10.3.